The Bertz CT molecular complexity index is 1970. The van der Waals surface area contributed by atoms with Crippen LogP contribution in [0.1, 0.15) is 22.3 Å². The first-order valence-electron chi connectivity index (χ1n) is 15.7. The predicted octanol–water partition coefficient (Wildman–Crippen LogP) is 4.72. The first-order valence-corrected chi connectivity index (χ1v) is 15.7. The fraction of sp³-hybridized carbons (Fsp3) is 0.184. The van der Waals surface area contributed by atoms with E-state index in [4.69, 9.17) is 10.5 Å². The maximum absolute atomic E-state index is 14.0. The van der Waals surface area contributed by atoms with Crippen molar-refractivity contribution in [1.82, 2.24) is 20.6 Å². The number of ether oxygens (including phenoxy) is 1. The Morgan fingerprint density at radius 2 is 1.11 bits per heavy atom. The van der Waals surface area contributed by atoms with Gasteiger partial charge in [-0.2, -0.15) is 0 Å². The van der Waals surface area contributed by atoms with Crippen LogP contribution in [0.2, 0.25) is 0 Å². The molecule has 9 heteroatoms. The summed E-state index contributed by atoms with van der Waals surface area (Å²) < 4.78 is 5.65. The topological polar surface area (TPSA) is 142 Å². The van der Waals surface area contributed by atoms with Gasteiger partial charge < -0.3 is 31.1 Å². The number of rotatable bonds is 13. The van der Waals surface area contributed by atoms with Crippen LogP contribution in [0.4, 0.5) is 0 Å². The zero-order valence-corrected chi connectivity index (χ0v) is 25.8. The highest BCUT2D eigenvalue weighted by Crippen LogP contribution is 2.21. The van der Waals surface area contributed by atoms with E-state index in [-0.39, 0.29) is 25.9 Å². The molecule has 0 unspecified atom stereocenters. The molecule has 9 nitrogen and oxygen atoms in total. The van der Waals surface area contributed by atoms with Crippen LogP contribution in [-0.4, -0.2) is 45.9 Å². The van der Waals surface area contributed by atoms with Crippen LogP contribution in [0.5, 0.6) is 0 Å². The van der Waals surface area contributed by atoms with Gasteiger partial charge in [-0.15, -0.1) is 0 Å². The number of aromatic nitrogens is 2. The van der Waals surface area contributed by atoms with Gasteiger partial charge in [0.05, 0.1) is 6.04 Å². The summed E-state index contributed by atoms with van der Waals surface area (Å²) in [6.45, 7) is 0.0685. The number of amides is 2. The molecule has 0 spiro atoms. The minimum absolute atomic E-state index is 0.0685. The predicted molar refractivity (Wildman–Crippen MR) is 182 cm³/mol. The van der Waals surface area contributed by atoms with Crippen LogP contribution < -0.4 is 16.4 Å². The molecule has 6 aromatic rings. The Kier molecular flexibility index (Phi) is 9.74. The van der Waals surface area contributed by atoms with Gasteiger partial charge in [-0.05, 0) is 40.8 Å². The van der Waals surface area contributed by atoms with Gasteiger partial charge in [-0.25, -0.2) is 4.79 Å². The van der Waals surface area contributed by atoms with Crippen molar-refractivity contribution >= 4 is 39.6 Å². The first kappa shape index (κ1) is 31.3. The number of hydrogen-bond donors (Lipinski definition) is 5. The summed E-state index contributed by atoms with van der Waals surface area (Å²) in [6, 6.07) is 31.4. The van der Waals surface area contributed by atoms with Crippen molar-refractivity contribution in [1.29, 1.82) is 0 Å². The highest BCUT2D eigenvalue weighted by Gasteiger charge is 2.30. The molecule has 238 valence electrons. The second-order valence-electron chi connectivity index (χ2n) is 11.6. The van der Waals surface area contributed by atoms with Gasteiger partial charge in [0.1, 0.15) is 18.7 Å². The number of para-hydroxylation sites is 2. The van der Waals surface area contributed by atoms with Gasteiger partial charge in [0.15, 0.2) is 0 Å². The average Bonchev–Trinajstić information content (AvgIpc) is 3.71. The lowest BCUT2D eigenvalue weighted by atomic mass is 10.0. The quantitative estimate of drug-likeness (QED) is 0.118. The molecule has 0 bridgehead atoms. The number of esters is 1. The standard InChI is InChI=1S/C38H37N5O4/c39-31(20-27-22-40-32-17-9-7-15-29(27)32)36(44)42-34(21-28-23-41-33-18-10-8-16-30(28)33)37(45)43-35(19-25-11-3-1-4-12-25)38(46)47-24-26-13-5-2-6-14-26/h1-18,22-23,31,34-35,40-41H,19-21,24,39H2,(H,42,44)(H,43,45)/t31-,34-,35-/m0/s1. The number of H-pyrrole nitrogens is 2. The highest BCUT2D eigenvalue weighted by molar-refractivity contribution is 5.93. The molecule has 6 N–H and O–H groups in total. The van der Waals surface area contributed by atoms with E-state index in [1.165, 1.54) is 0 Å². The van der Waals surface area contributed by atoms with Crippen molar-refractivity contribution in [2.75, 3.05) is 0 Å². The largest absolute Gasteiger partial charge is 0.459 e. The lowest BCUT2D eigenvalue weighted by Crippen LogP contribution is -2.56. The number of aromatic amines is 2. The third-order valence-electron chi connectivity index (χ3n) is 8.29. The molecule has 6 rings (SSSR count). The Hall–Kier alpha value is -5.67. The van der Waals surface area contributed by atoms with E-state index >= 15 is 0 Å². The Labute approximate surface area is 272 Å². The van der Waals surface area contributed by atoms with E-state index in [1.807, 2.05) is 122 Å². The molecule has 0 aliphatic heterocycles. The zero-order valence-electron chi connectivity index (χ0n) is 25.8. The number of carbonyl (C=O) groups excluding carboxylic acids is 3. The highest BCUT2D eigenvalue weighted by atomic mass is 16.5. The van der Waals surface area contributed by atoms with Crippen molar-refractivity contribution in [3.05, 3.63) is 144 Å². The van der Waals surface area contributed by atoms with Gasteiger partial charge >= 0.3 is 5.97 Å². The molecule has 2 amide bonds. The van der Waals surface area contributed by atoms with Crippen molar-refractivity contribution in [3.63, 3.8) is 0 Å². The van der Waals surface area contributed by atoms with E-state index < -0.39 is 35.9 Å². The molecule has 2 heterocycles. The maximum Gasteiger partial charge on any atom is 0.329 e. The molecule has 47 heavy (non-hydrogen) atoms. The van der Waals surface area contributed by atoms with Crippen molar-refractivity contribution < 1.29 is 19.1 Å². The Morgan fingerprint density at radius 1 is 0.596 bits per heavy atom. The SMILES string of the molecule is N[C@@H](Cc1c[nH]c2ccccc12)C(=O)N[C@@H](Cc1c[nH]c2ccccc12)C(=O)N[C@@H](Cc1ccccc1)C(=O)OCc1ccccc1. The van der Waals surface area contributed by atoms with E-state index in [0.717, 1.165) is 44.1 Å². The molecule has 0 saturated heterocycles. The van der Waals surface area contributed by atoms with E-state index in [0.29, 0.717) is 0 Å². The van der Waals surface area contributed by atoms with Gasteiger partial charge in [0.25, 0.3) is 0 Å². The fourth-order valence-corrected chi connectivity index (χ4v) is 5.78. The first-order chi connectivity index (χ1) is 22.9. The zero-order chi connectivity index (χ0) is 32.6. The number of benzene rings is 4. The number of hydrogen-bond acceptors (Lipinski definition) is 5. The molecule has 0 aliphatic carbocycles. The van der Waals surface area contributed by atoms with Crippen LogP contribution >= 0.6 is 0 Å². The summed E-state index contributed by atoms with van der Waals surface area (Å²) in [5.74, 6) is -1.55. The monoisotopic (exact) mass is 627 g/mol. The van der Waals surface area contributed by atoms with Gasteiger partial charge in [-0.3, -0.25) is 9.59 Å². The molecule has 4 aromatic carbocycles. The summed E-state index contributed by atoms with van der Waals surface area (Å²) in [4.78, 5) is 47.5. The maximum atomic E-state index is 14.0. The van der Waals surface area contributed by atoms with Crippen LogP contribution in [0.3, 0.4) is 0 Å². The minimum Gasteiger partial charge on any atom is -0.459 e. The average molecular weight is 628 g/mol. The lowest BCUT2D eigenvalue weighted by molar-refractivity contribution is -0.149. The minimum atomic E-state index is -1.02. The molecule has 0 aliphatic rings. The number of fused-ring (bicyclic) bond motifs is 2. The number of carbonyl (C=O) groups is 3. The van der Waals surface area contributed by atoms with Crippen molar-refractivity contribution in [2.45, 2.75) is 44.0 Å². The molecule has 2 aromatic heterocycles. The summed E-state index contributed by atoms with van der Waals surface area (Å²) in [6.07, 6.45) is 4.36. The third-order valence-corrected chi connectivity index (χ3v) is 8.29. The lowest BCUT2D eigenvalue weighted by Gasteiger charge is -2.24. The fourth-order valence-electron chi connectivity index (χ4n) is 5.78. The van der Waals surface area contributed by atoms with E-state index in [1.54, 1.807) is 0 Å². The van der Waals surface area contributed by atoms with Gasteiger partial charge in [0, 0.05) is 47.0 Å². The molecular formula is C38H37N5O4. The van der Waals surface area contributed by atoms with Crippen molar-refractivity contribution in [2.24, 2.45) is 5.73 Å². The Morgan fingerprint density at radius 3 is 1.72 bits per heavy atom. The smallest absolute Gasteiger partial charge is 0.329 e. The number of nitrogens with one attached hydrogen (secondary N) is 4. The van der Waals surface area contributed by atoms with Crippen LogP contribution in [0.15, 0.2) is 122 Å². The summed E-state index contributed by atoms with van der Waals surface area (Å²) in [7, 11) is 0. The van der Waals surface area contributed by atoms with E-state index in [9.17, 15) is 14.4 Å². The van der Waals surface area contributed by atoms with Gasteiger partial charge in [0.2, 0.25) is 11.8 Å². The van der Waals surface area contributed by atoms with E-state index in [2.05, 4.69) is 20.6 Å². The molecular weight excluding hydrogens is 590 g/mol. The molecule has 0 fully saturated rings. The molecule has 0 radical (unpaired) electrons. The van der Waals surface area contributed by atoms with Crippen LogP contribution in [0.25, 0.3) is 21.8 Å². The Balaban J connectivity index is 1.22. The molecule has 0 saturated carbocycles. The summed E-state index contributed by atoms with van der Waals surface area (Å²) >= 11 is 0. The van der Waals surface area contributed by atoms with Crippen molar-refractivity contribution in [3.8, 4) is 0 Å². The van der Waals surface area contributed by atoms with Crippen LogP contribution in [0, 0.1) is 0 Å². The van der Waals surface area contributed by atoms with Gasteiger partial charge in [-0.1, -0.05) is 97.1 Å². The third kappa shape index (κ3) is 7.77. The summed E-state index contributed by atoms with van der Waals surface area (Å²) in [5.41, 5.74) is 11.7. The molecule has 3 atom stereocenters. The normalized spacial score (nSPS) is 13.1. The number of nitrogens with two attached hydrogens (primary N) is 1. The second kappa shape index (κ2) is 14.6. The summed E-state index contributed by atoms with van der Waals surface area (Å²) in [5, 5.41) is 7.71. The second-order valence-corrected chi connectivity index (χ2v) is 11.6. The van der Waals surface area contributed by atoms with Crippen LogP contribution in [-0.2, 0) is 45.0 Å².